The first kappa shape index (κ1) is 14.3. The minimum Gasteiger partial charge on any atom is -0.406 e. The summed E-state index contributed by atoms with van der Waals surface area (Å²) in [6, 6.07) is 7.54. The van der Waals surface area contributed by atoms with Crippen LogP contribution in [0.15, 0.2) is 36.4 Å². The highest BCUT2D eigenvalue weighted by Gasteiger charge is 2.31. The molecule has 3 nitrogen and oxygen atoms in total. The van der Waals surface area contributed by atoms with Gasteiger partial charge in [0.1, 0.15) is 17.3 Å². The van der Waals surface area contributed by atoms with Crippen LogP contribution in [0.3, 0.4) is 0 Å². The van der Waals surface area contributed by atoms with Gasteiger partial charge >= 0.3 is 6.36 Å². The largest absolute Gasteiger partial charge is 0.573 e. The van der Waals surface area contributed by atoms with E-state index in [1.165, 1.54) is 18.2 Å². The second kappa shape index (κ2) is 5.46. The summed E-state index contributed by atoms with van der Waals surface area (Å²) in [5.74, 6) is -1.08. The average molecular weight is 287 g/mol. The lowest BCUT2D eigenvalue weighted by Crippen LogP contribution is -2.17. The molecule has 1 heterocycles. The average Bonchev–Trinajstić information content (AvgIpc) is 2.37. The lowest BCUT2D eigenvalue weighted by molar-refractivity contribution is -0.274. The second-order valence-electron chi connectivity index (χ2n) is 3.86. The van der Waals surface area contributed by atoms with E-state index < -0.39 is 24.5 Å². The lowest BCUT2D eigenvalue weighted by Gasteiger charge is -2.10. The molecule has 0 unspecified atom stereocenters. The summed E-state index contributed by atoms with van der Waals surface area (Å²) in [6.07, 6.45) is -4.79. The van der Waals surface area contributed by atoms with Gasteiger partial charge in [-0.15, -0.1) is 13.2 Å². The predicted octanol–water partition coefficient (Wildman–Crippen LogP) is 3.28. The number of rotatable bonds is 3. The number of nitrogens with zero attached hydrogens (tertiary/aromatic N) is 1. The maximum Gasteiger partial charge on any atom is 0.573 e. The number of benzene rings is 1. The third-order valence-corrected chi connectivity index (χ3v) is 2.43. The van der Waals surface area contributed by atoms with Crippen LogP contribution in [0.25, 0.3) is 11.3 Å². The zero-order valence-corrected chi connectivity index (χ0v) is 9.99. The molecule has 0 aliphatic rings. The second-order valence-corrected chi connectivity index (χ2v) is 3.86. The summed E-state index contributed by atoms with van der Waals surface area (Å²) in [7, 11) is 0. The van der Waals surface area contributed by atoms with Crippen molar-refractivity contribution in [2.24, 2.45) is 0 Å². The van der Waals surface area contributed by atoms with Gasteiger partial charge in [-0.3, -0.25) is 0 Å². The minimum atomic E-state index is -4.79. The van der Waals surface area contributed by atoms with Gasteiger partial charge in [0, 0.05) is 5.56 Å². The first-order valence-electron chi connectivity index (χ1n) is 5.51. The maximum atomic E-state index is 13.2. The van der Waals surface area contributed by atoms with E-state index in [9.17, 15) is 17.6 Å². The number of hydrogen-bond acceptors (Lipinski definition) is 3. The molecule has 106 valence electrons. The quantitative estimate of drug-likeness (QED) is 0.881. The van der Waals surface area contributed by atoms with E-state index in [4.69, 9.17) is 5.11 Å². The minimum absolute atomic E-state index is 0.176. The molecule has 1 aromatic carbocycles. The van der Waals surface area contributed by atoms with Crippen molar-refractivity contribution in [1.82, 2.24) is 4.98 Å². The summed E-state index contributed by atoms with van der Waals surface area (Å²) in [4.78, 5) is 3.84. The standard InChI is InChI=1S/C13H9F4NO2/c14-10-4-5-11(18-12(10)7-19)8-2-1-3-9(6-8)20-13(15,16)17/h1-6,19H,7H2. The normalized spacial score (nSPS) is 11.4. The Morgan fingerprint density at radius 2 is 1.90 bits per heavy atom. The van der Waals surface area contributed by atoms with E-state index in [2.05, 4.69) is 9.72 Å². The van der Waals surface area contributed by atoms with E-state index in [0.29, 0.717) is 5.56 Å². The number of aliphatic hydroxyl groups excluding tert-OH is 1. The van der Waals surface area contributed by atoms with Crippen LogP contribution in [0.5, 0.6) is 5.75 Å². The Bertz CT molecular complexity index is 614. The van der Waals surface area contributed by atoms with Crippen LogP contribution in [-0.2, 0) is 6.61 Å². The number of hydrogen-bond donors (Lipinski definition) is 1. The molecule has 0 radical (unpaired) electrons. The fourth-order valence-corrected chi connectivity index (χ4v) is 1.61. The molecule has 0 aliphatic heterocycles. The number of halogens is 4. The van der Waals surface area contributed by atoms with Crippen molar-refractivity contribution in [3.8, 4) is 17.0 Å². The summed E-state index contributed by atoms with van der Waals surface area (Å²) in [6.45, 7) is -0.599. The molecule has 2 aromatic rings. The van der Waals surface area contributed by atoms with Crippen molar-refractivity contribution in [2.75, 3.05) is 0 Å². The molecule has 2 rings (SSSR count). The summed E-state index contributed by atoms with van der Waals surface area (Å²) < 4.78 is 53.4. The Morgan fingerprint density at radius 1 is 1.15 bits per heavy atom. The monoisotopic (exact) mass is 287 g/mol. The highest BCUT2D eigenvalue weighted by molar-refractivity contribution is 5.61. The van der Waals surface area contributed by atoms with Gasteiger partial charge in [-0.25, -0.2) is 9.37 Å². The number of aromatic nitrogens is 1. The third kappa shape index (κ3) is 3.45. The fraction of sp³-hybridized carbons (Fsp3) is 0.154. The molecule has 0 aliphatic carbocycles. The smallest absolute Gasteiger partial charge is 0.406 e. The van der Waals surface area contributed by atoms with Crippen molar-refractivity contribution < 1.29 is 27.4 Å². The van der Waals surface area contributed by atoms with Gasteiger partial charge in [0.2, 0.25) is 0 Å². The molecule has 0 spiro atoms. The summed E-state index contributed by atoms with van der Waals surface area (Å²) >= 11 is 0. The molecule has 0 atom stereocenters. The topological polar surface area (TPSA) is 42.4 Å². The first-order valence-corrected chi connectivity index (χ1v) is 5.51. The maximum absolute atomic E-state index is 13.2. The highest BCUT2D eigenvalue weighted by Crippen LogP contribution is 2.27. The van der Waals surface area contributed by atoms with Crippen LogP contribution in [0.4, 0.5) is 17.6 Å². The van der Waals surface area contributed by atoms with Crippen LogP contribution in [0.1, 0.15) is 5.69 Å². The van der Waals surface area contributed by atoms with Gasteiger partial charge in [-0.05, 0) is 24.3 Å². The van der Waals surface area contributed by atoms with Crippen LogP contribution in [0, 0.1) is 5.82 Å². The Hall–Kier alpha value is -2.15. The fourth-order valence-electron chi connectivity index (χ4n) is 1.61. The number of aliphatic hydroxyl groups is 1. The highest BCUT2D eigenvalue weighted by atomic mass is 19.4. The SMILES string of the molecule is OCc1nc(-c2cccc(OC(F)(F)F)c2)ccc1F. The van der Waals surface area contributed by atoms with Crippen LogP contribution >= 0.6 is 0 Å². The summed E-state index contributed by atoms with van der Waals surface area (Å²) in [5, 5.41) is 8.92. The Labute approximate surface area is 111 Å². The van der Waals surface area contributed by atoms with Crippen LogP contribution in [-0.4, -0.2) is 16.5 Å². The van der Waals surface area contributed by atoms with Gasteiger partial charge in [0.15, 0.2) is 0 Å². The lowest BCUT2D eigenvalue weighted by atomic mass is 10.1. The Balaban J connectivity index is 2.36. The number of ether oxygens (including phenoxy) is 1. The predicted molar refractivity (Wildman–Crippen MR) is 62.2 cm³/mol. The molecular weight excluding hydrogens is 278 g/mol. The van der Waals surface area contributed by atoms with Gasteiger partial charge < -0.3 is 9.84 Å². The van der Waals surface area contributed by atoms with Crippen LogP contribution < -0.4 is 4.74 Å². The van der Waals surface area contributed by atoms with Gasteiger partial charge in [-0.2, -0.15) is 0 Å². The molecule has 0 fully saturated rings. The molecule has 0 saturated heterocycles. The third-order valence-electron chi connectivity index (χ3n) is 2.43. The van der Waals surface area contributed by atoms with Crippen molar-refractivity contribution in [3.05, 3.63) is 47.9 Å². The first-order chi connectivity index (χ1) is 9.39. The van der Waals surface area contributed by atoms with E-state index >= 15 is 0 Å². The molecule has 0 amide bonds. The number of pyridine rings is 1. The van der Waals surface area contributed by atoms with Crippen molar-refractivity contribution in [2.45, 2.75) is 13.0 Å². The zero-order valence-electron chi connectivity index (χ0n) is 9.99. The van der Waals surface area contributed by atoms with E-state index in [1.54, 1.807) is 0 Å². The van der Waals surface area contributed by atoms with Crippen molar-refractivity contribution in [3.63, 3.8) is 0 Å². The molecule has 1 N–H and O–H groups in total. The van der Waals surface area contributed by atoms with Crippen LogP contribution in [0.2, 0.25) is 0 Å². The molecular formula is C13H9F4NO2. The van der Waals surface area contributed by atoms with Gasteiger partial charge in [0.05, 0.1) is 12.3 Å². The number of alkyl halides is 3. The molecule has 1 aromatic heterocycles. The molecule has 0 bridgehead atoms. The molecule has 0 saturated carbocycles. The molecule has 7 heteroatoms. The van der Waals surface area contributed by atoms with Crippen molar-refractivity contribution >= 4 is 0 Å². The van der Waals surface area contributed by atoms with E-state index in [1.807, 2.05) is 0 Å². The van der Waals surface area contributed by atoms with Gasteiger partial charge in [0.25, 0.3) is 0 Å². The van der Waals surface area contributed by atoms with Gasteiger partial charge in [-0.1, -0.05) is 12.1 Å². The Kier molecular flexibility index (Phi) is 3.89. The van der Waals surface area contributed by atoms with E-state index in [0.717, 1.165) is 18.2 Å². The Morgan fingerprint density at radius 3 is 2.55 bits per heavy atom. The van der Waals surface area contributed by atoms with E-state index in [-0.39, 0.29) is 11.4 Å². The van der Waals surface area contributed by atoms with Crippen molar-refractivity contribution in [1.29, 1.82) is 0 Å². The summed E-state index contributed by atoms with van der Waals surface area (Å²) in [5.41, 5.74) is 0.383. The molecule has 20 heavy (non-hydrogen) atoms. The zero-order chi connectivity index (χ0) is 14.8.